The Kier molecular flexibility index (Phi) is 4.40. The first-order valence-electron chi connectivity index (χ1n) is 6.03. The first-order valence-corrected chi connectivity index (χ1v) is 6.03. The monoisotopic (exact) mass is 236 g/mol. The van der Waals surface area contributed by atoms with Crippen LogP contribution < -0.4 is 15.4 Å². The lowest BCUT2D eigenvalue weighted by atomic mass is 9.86. The van der Waals surface area contributed by atoms with Crippen molar-refractivity contribution in [2.75, 3.05) is 25.6 Å². The summed E-state index contributed by atoms with van der Waals surface area (Å²) in [5, 5.41) is 0. The molecule has 2 N–H and O–H groups in total. The summed E-state index contributed by atoms with van der Waals surface area (Å²) in [6, 6.07) is 8.07. The molecular weight excluding hydrogens is 212 g/mol. The molecule has 0 aromatic heterocycles. The predicted octanol–water partition coefficient (Wildman–Crippen LogP) is 2.50. The Labute approximate surface area is 105 Å². The van der Waals surface area contributed by atoms with Crippen LogP contribution in [0.1, 0.15) is 20.8 Å². The molecule has 96 valence electrons. The number of hydrogen-bond donors (Lipinski definition) is 1. The fourth-order valence-corrected chi connectivity index (χ4v) is 1.87. The molecule has 1 unspecified atom stereocenters. The molecule has 0 aliphatic carbocycles. The van der Waals surface area contributed by atoms with Crippen LogP contribution in [-0.4, -0.2) is 26.2 Å². The van der Waals surface area contributed by atoms with Gasteiger partial charge in [0.15, 0.2) is 0 Å². The van der Waals surface area contributed by atoms with Crippen LogP contribution in [0.15, 0.2) is 24.3 Å². The van der Waals surface area contributed by atoms with Crippen LogP contribution in [0, 0.1) is 5.92 Å². The summed E-state index contributed by atoms with van der Waals surface area (Å²) >= 11 is 0. The number of nitrogens with zero attached hydrogens (tertiary/aromatic N) is 1. The highest BCUT2D eigenvalue weighted by Crippen LogP contribution is 2.29. The molecule has 0 saturated carbocycles. The fourth-order valence-electron chi connectivity index (χ4n) is 1.87. The first kappa shape index (κ1) is 13.8. The number of anilines is 1. The minimum Gasteiger partial charge on any atom is -0.497 e. The molecule has 17 heavy (non-hydrogen) atoms. The maximum atomic E-state index is 5.94. The molecule has 1 atom stereocenters. The molecule has 0 saturated heterocycles. The van der Waals surface area contributed by atoms with Crippen LogP contribution in [0.4, 0.5) is 5.69 Å². The van der Waals surface area contributed by atoms with Gasteiger partial charge in [0.1, 0.15) is 5.75 Å². The summed E-state index contributed by atoms with van der Waals surface area (Å²) in [4.78, 5) is 2.24. The maximum absolute atomic E-state index is 5.94. The summed E-state index contributed by atoms with van der Waals surface area (Å²) in [5.74, 6) is 1.35. The smallest absolute Gasteiger partial charge is 0.120 e. The fraction of sp³-hybridized carbons (Fsp3) is 0.571. The van der Waals surface area contributed by atoms with Gasteiger partial charge in [0, 0.05) is 25.3 Å². The quantitative estimate of drug-likeness (QED) is 0.853. The second kappa shape index (κ2) is 5.41. The molecule has 1 aromatic carbocycles. The Bertz CT molecular complexity index is 365. The lowest BCUT2D eigenvalue weighted by molar-refractivity contribution is 0.332. The molecule has 3 heteroatoms. The summed E-state index contributed by atoms with van der Waals surface area (Å²) in [6.45, 7) is 7.21. The number of nitrogens with two attached hydrogens (primary N) is 1. The van der Waals surface area contributed by atoms with Gasteiger partial charge in [0.2, 0.25) is 0 Å². The molecule has 3 nitrogen and oxygen atoms in total. The molecule has 0 fully saturated rings. The summed E-state index contributed by atoms with van der Waals surface area (Å²) in [6.07, 6.45) is 0. The van der Waals surface area contributed by atoms with Crippen LogP contribution >= 0.6 is 0 Å². The zero-order chi connectivity index (χ0) is 13.1. The highest BCUT2D eigenvalue weighted by atomic mass is 16.5. The maximum Gasteiger partial charge on any atom is 0.120 e. The number of benzene rings is 1. The van der Waals surface area contributed by atoms with Crippen molar-refractivity contribution in [3.63, 3.8) is 0 Å². The number of ether oxygens (including phenoxy) is 1. The Morgan fingerprint density at radius 3 is 2.53 bits per heavy atom. The first-order chi connectivity index (χ1) is 7.95. The summed E-state index contributed by atoms with van der Waals surface area (Å²) < 4.78 is 5.25. The third-order valence-corrected chi connectivity index (χ3v) is 3.86. The second-order valence-corrected chi connectivity index (χ2v) is 4.98. The van der Waals surface area contributed by atoms with Gasteiger partial charge in [0.05, 0.1) is 12.6 Å². The molecule has 0 aliphatic heterocycles. The van der Waals surface area contributed by atoms with Gasteiger partial charge in [-0.1, -0.05) is 19.9 Å². The zero-order valence-corrected chi connectivity index (χ0v) is 11.5. The van der Waals surface area contributed by atoms with Gasteiger partial charge in [0.25, 0.3) is 0 Å². The van der Waals surface area contributed by atoms with Crippen LogP contribution in [-0.2, 0) is 0 Å². The molecule has 0 bridgehead atoms. The normalized spacial score (nSPS) is 14.5. The largest absolute Gasteiger partial charge is 0.497 e. The van der Waals surface area contributed by atoms with Gasteiger partial charge in [-0.25, -0.2) is 0 Å². The molecule has 1 aromatic rings. The molecule has 0 spiro atoms. The molecule has 0 amide bonds. The zero-order valence-electron chi connectivity index (χ0n) is 11.5. The second-order valence-electron chi connectivity index (χ2n) is 4.98. The van der Waals surface area contributed by atoms with E-state index < -0.39 is 0 Å². The van der Waals surface area contributed by atoms with Crippen molar-refractivity contribution in [3.05, 3.63) is 24.3 Å². The third kappa shape index (κ3) is 2.72. The van der Waals surface area contributed by atoms with E-state index >= 15 is 0 Å². The van der Waals surface area contributed by atoms with Gasteiger partial charge < -0.3 is 15.4 Å². The van der Waals surface area contributed by atoms with Crippen molar-refractivity contribution in [1.29, 1.82) is 0 Å². The van der Waals surface area contributed by atoms with Crippen molar-refractivity contribution in [3.8, 4) is 5.75 Å². The molecule has 1 rings (SSSR count). The van der Waals surface area contributed by atoms with E-state index in [-0.39, 0.29) is 5.54 Å². The van der Waals surface area contributed by atoms with E-state index in [1.165, 1.54) is 0 Å². The highest BCUT2D eigenvalue weighted by molar-refractivity contribution is 5.52. The minimum absolute atomic E-state index is 0.0492. The highest BCUT2D eigenvalue weighted by Gasteiger charge is 2.31. The van der Waals surface area contributed by atoms with E-state index in [9.17, 15) is 0 Å². The van der Waals surface area contributed by atoms with Gasteiger partial charge in [-0.3, -0.25) is 0 Å². The lowest BCUT2D eigenvalue weighted by Crippen LogP contribution is -2.53. The number of rotatable bonds is 5. The Balaban J connectivity index is 3.05. The minimum atomic E-state index is -0.0492. The molecular formula is C14H24N2O. The van der Waals surface area contributed by atoms with Crippen LogP contribution in [0.3, 0.4) is 0 Å². The van der Waals surface area contributed by atoms with E-state index in [2.05, 4.69) is 38.8 Å². The van der Waals surface area contributed by atoms with E-state index in [4.69, 9.17) is 10.5 Å². The van der Waals surface area contributed by atoms with Crippen molar-refractivity contribution in [2.24, 2.45) is 11.7 Å². The Morgan fingerprint density at radius 1 is 1.41 bits per heavy atom. The van der Waals surface area contributed by atoms with Gasteiger partial charge >= 0.3 is 0 Å². The SMILES string of the molecule is COc1cccc(N(C)C(C)(CN)C(C)C)c1. The van der Waals surface area contributed by atoms with Crippen molar-refractivity contribution in [1.82, 2.24) is 0 Å². The average molecular weight is 236 g/mol. The van der Waals surface area contributed by atoms with E-state index in [1.54, 1.807) is 7.11 Å². The van der Waals surface area contributed by atoms with Crippen LogP contribution in [0.5, 0.6) is 5.75 Å². The van der Waals surface area contributed by atoms with E-state index in [1.807, 2.05) is 18.2 Å². The number of likely N-dealkylation sites (N-methyl/N-ethyl adjacent to an activating group) is 1. The van der Waals surface area contributed by atoms with Gasteiger partial charge in [-0.15, -0.1) is 0 Å². The lowest BCUT2D eigenvalue weighted by Gasteiger charge is -2.43. The number of hydrogen-bond acceptors (Lipinski definition) is 3. The van der Waals surface area contributed by atoms with Crippen LogP contribution in [0.25, 0.3) is 0 Å². The van der Waals surface area contributed by atoms with Gasteiger partial charge in [-0.05, 0) is 25.0 Å². The number of methoxy groups -OCH3 is 1. The summed E-state index contributed by atoms with van der Waals surface area (Å²) in [5.41, 5.74) is 7.03. The molecule has 0 heterocycles. The Hall–Kier alpha value is -1.22. The Morgan fingerprint density at radius 2 is 2.06 bits per heavy atom. The topological polar surface area (TPSA) is 38.5 Å². The predicted molar refractivity (Wildman–Crippen MR) is 73.7 cm³/mol. The third-order valence-electron chi connectivity index (χ3n) is 3.86. The molecule has 0 aliphatic rings. The molecule has 0 radical (unpaired) electrons. The van der Waals surface area contributed by atoms with Crippen molar-refractivity contribution >= 4 is 5.69 Å². The van der Waals surface area contributed by atoms with Crippen molar-refractivity contribution < 1.29 is 4.74 Å². The van der Waals surface area contributed by atoms with E-state index in [0.29, 0.717) is 12.5 Å². The van der Waals surface area contributed by atoms with Crippen molar-refractivity contribution in [2.45, 2.75) is 26.3 Å². The van der Waals surface area contributed by atoms with E-state index in [0.717, 1.165) is 11.4 Å². The van der Waals surface area contributed by atoms with Gasteiger partial charge in [-0.2, -0.15) is 0 Å². The van der Waals surface area contributed by atoms with Crippen LogP contribution in [0.2, 0.25) is 0 Å². The average Bonchev–Trinajstić information content (AvgIpc) is 2.36. The summed E-state index contributed by atoms with van der Waals surface area (Å²) in [7, 11) is 3.77. The standard InChI is InChI=1S/C14H24N2O/c1-11(2)14(3,10-15)16(4)12-7-6-8-13(9-12)17-5/h6-9,11H,10,15H2,1-5H3.